The number of nitrogens with zero attached hydrogens (tertiary/aromatic N) is 1. The Morgan fingerprint density at radius 1 is 1.05 bits per heavy atom. The van der Waals surface area contributed by atoms with Crippen molar-refractivity contribution >= 4 is 10.9 Å². The fourth-order valence-corrected chi connectivity index (χ4v) is 3.11. The highest BCUT2D eigenvalue weighted by Gasteiger charge is 2.30. The van der Waals surface area contributed by atoms with E-state index in [0.717, 1.165) is 56.1 Å². The molecule has 0 bridgehead atoms. The van der Waals surface area contributed by atoms with Gasteiger partial charge in [-0.25, -0.2) is 8.78 Å². The van der Waals surface area contributed by atoms with Gasteiger partial charge in [0.15, 0.2) is 0 Å². The van der Waals surface area contributed by atoms with Crippen LogP contribution in [0.15, 0.2) is 12.1 Å². The summed E-state index contributed by atoms with van der Waals surface area (Å²) in [7, 11) is 0. The van der Waals surface area contributed by atoms with Gasteiger partial charge in [0.2, 0.25) is 0 Å². The van der Waals surface area contributed by atoms with Crippen LogP contribution in [0.25, 0.3) is 10.9 Å². The van der Waals surface area contributed by atoms with E-state index in [1.807, 2.05) is 6.07 Å². The summed E-state index contributed by atoms with van der Waals surface area (Å²) in [4.78, 5) is 4.64. The van der Waals surface area contributed by atoms with Crippen LogP contribution in [0.3, 0.4) is 0 Å². The molecule has 0 radical (unpaired) electrons. The topological polar surface area (TPSA) is 24.9 Å². The standard InChI is InChI=1S/C16H16F2N2/c17-12-8-13(18)15(9-1-2-9)16-11(12)7-10-3-5-19-6-4-14(10)20-16/h7-9,19H,1-6H2. The summed E-state index contributed by atoms with van der Waals surface area (Å²) in [6.07, 6.45) is 3.65. The monoisotopic (exact) mass is 274 g/mol. The number of nitrogens with one attached hydrogen (secondary N) is 1. The highest BCUT2D eigenvalue weighted by atomic mass is 19.1. The first-order chi connectivity index (χ1) is 9.74. The minimum absolute atomic E-state index is 0.229. The van der Waals surface area contributed by atoms with Crippen LogP contribution in [0, 0.1) is 11.6 Å². The van der Waals surface area contributed by atoms with Crippen LogP contribution in [-0.2, 0) is 12.8 Å². The zero-order valence-corrected chi connectivity index (χ0v) is 11.2. The molecule has 1 aliphatic carbocycles. The molecule has 2 aliphatic rings. The van der Waals surface area contributed by atoms with Gasteiger partial charge in [-0.1, -0.05) is 0 Å². The van der Waals surface area contributed by atoms with Crippen molar-refractivity contribution < 1.29 is 8.78 Å². The molecule has 2 aromatic rings. The van der Waals surface area contributed by atoms with Gasteiger partial charge in [0.05, 0.1) is 5.52 Å². The second kappa shape index (κ2) is 4.48. The number of benzene rings is 1. The summed E-state index contributed by atoms with van der Waals surface area (Å²) in [6, 6.07) is 2.91. The molecule has 0 spiro atoms. The Kier molecular flexibility index (Phi) is 2.74. The molecular weight excluding hydrogens is 258 g/mol. The summed E-state index contributed by atoms with van der Waals surface area (Å²) in [5.41, 5.74) is 3.26. The van der Waals surface area contributed by atoms with Gasteiger partial charge in [-0.2, -0.15) is 0 Å². The molecule has 1 N–H and O–H groups in total. The lowest BCUT2D eigenvalue weighted by Crippen LogP contribution is -2.16. The second-order valence-electron chi connectivity index (χ2n) is 5.77. The molecule has 0 atom stereocenters. The van der Waals surface area contributed by atoms with Crippen molar-refractivity contribution in [2.24, 2.45) is 0 Å². The first kappa shape index (κ1) is 12.2. The molecule has 2 heterocycles. The van der Waals surface area contributed by atoms with E-state index in [4.69, 9.17) is 0 Å². The van der Waals surface area contributed by atoms with E-state index in [2.05, 4.69) is 10.3 Å². The molecular formula is C16H16F2N2. The number of fused-ring (bicyclic) bond motifs is 2. The van der Waals surface area contributed by atoms with E-state index in [-0.39, 0.29) is 5.92 Å². The summed E-state index contributed by atoms with van der Waals surface area (Å²) in [5, 5.41) is 3.80. The van der Waals surface area contributed by atoms with Crippen LogP contribution in [0.4, 0.5) is 8.78 Å². The van der Waals surface area contributed by atoms with Gasteiger partial charge in [0.25, 0.3) is 0 Å². The lowest BCUT2D eigenvalue weighted by molar-refractivity contribution is 0.580. The van der Waals surface area contributed by atoms with E-state index in [1.165, 1.54) is 0 Å². The molecule has 2 nitrogen and oxygen atoms in total. The van der Waals surface area contributed by atoms with Crippen molar-refractivity contribution in [3.8, 4) is 0 Å². The van der Waals surface area contributed by atoms with Crippen molar-refractivity contribution in [3.05, 3.63) is 40.6 Å². The molecule has 0 saturated heterocycles. The van der Waals surface area contributed by atoms with Crippen LogP contribution in [-0.4, -0.2) is 18.1 Å². The fraction of sp³-hybridized carbons (Fsp3) is 0.438. The normalized spacial score (nSPS) is 18.9. The zero-order valence-electron chi connectivity index (χ0n) is 11.2. The van der Waals surface area contributed by atoms with E-state index >= 15 is 0 Å². The molecule has 20 heavy (non-hydrogen) atoms. The SMILES string of the molecule is Fc1cc(F)c2cc3c(nc2c1C1CC1)CCNCC3. The van der Waals surface area contributed by atoms with Crippen LogP contribution in [0.1, 0.15) is 35.6 Å². The predicted molar refractivity (Wildman–Crippen MR) is 73.9 cm³/mol. The highest BCUT2D eigenvalue weighted by molar-refractivity contribution is 5.84. The molecule has 4 rings (SSSR count). The average molecular weight is 274 g/mol. The molecule has 1 saturated carbocycles. The van der Waals surface area contributed by atoms with Crippen molar-refractivity contribution in [1.29, 1.82) is 0 Å². The largest absolute Gasteiger partial charge is 0.316 e. The van der Waals surface area contributed by atoms with E-state index < -0.39 is 11.6 Å². The maximum Gasteiger partial charge on any atom is 0.135 e. The van der Waals surface area contributed by atoms with E-state index in [9.17, 15) is 8.78 Å². The molecule has 0 unspecified atom stereocenters. The maximum atomic E-state index is 14.1. The Morgan fingerprint density at radius 2 is 1.85 bits per heavy atom. The summed E-state index contributed by atoms with van der Waals surface area (Å²) >= 11 is 0. The van der Waals surface area contributed by atoms with Gasteiger partial charge < -0.3 is 5.32 Å². The van der Waals surface area contributed by atoms with Crippen molar-refractivity contribution in [2.75, 3.05) is 13.1 Å². The number of halogens is 2. The first-order valence-electron chi connectivity index (χ1n) is 7.25. The third kappa shape index (κ3) is 1.90. The molecule has 104 valence electrons. The first-order valence-corrected chi connectivity index (χ1v) is 7.25. The van der Waals surface area contributed by atoms with Gasteiger partial charge >= 0.3 is 0 Å². The Balaban J connectivity index is 2.01. The van der Waals surface area contributed by atoms with Gasteiger partial charge in [-0.3, -0.25) is 4.98 Å². The molecule has 1 aromatic carbocycles. The van der Waals surface area contributed by atoms with Gasteiger partial charge in [0, 0.05) is 35.7 Å². The molecule has 0 amide bonds. The van der Waals surface area contributed by atoms with E-state index in [1.54, 1.807) is 0 Å². The van der Waals surface area contributed by atoms with Crippen LogP contribution < -0.4 is 5.32 Å². The van der Waals surface area contributed by atoms with Crippen molar-refractivity contribution in [1.82, 2.24) is 10.3 Å². The quantitative estimate of drug-likeness (QED) is 0.864. The van der Waals surface area contributed by atoms with Gasteiger partial charge in [-0.05, 0) is 43.4 Å². The smallest absolute Gasteiger partial charge is 0.135 e. The molecule has 1 fully saturated rings. The van der Waals surface area contributed by atoms with E-state index in [0.29, 0.717) is 16.5 Å². The number of aromatic nitrogens is 1. The Labute approximate surface area is 116 Å². The van der Waals surface area contributed by atoms with Gasteiger partial charge in [-0.15, -0.1) is 0 Å². The molecule has 1 aromatic heterocycles. The number of hydrogen-bond donors (Lipinski definition) is 1. The Hall–Kier alpha value is -1.55. The summed E-state index contributed by atoms with van der Waals surface area (Å²) in [5.74, 6) is -0.696. The maximum absolute atomic E-state index is 14.1. The fourth-order valence-electron chi connectivity index (χ4n) is 3.11. The third-order valence-electron chi connectivity index (χ3n) is 4.31. The second-order valence-corrected chi connectivity index (χ2v) is 5.77. The minimum Gasteiger partial charge on any atom is -0.316 e. The predicted octanol–water partition coefficient (Wildman–Crippen LogP) is 3.08. The molecule has 4 heteroatoms. The zero-order chi connectivity index (χ0) is 13.7. The average Bonchev–Trinajstić information content (AvgIpc) is 3.23. The van der Waals surface area contributed by atoms with Crippen LogP contribution in [0.5, 0.6) is 0 Å². The lowest BCUT2D eigenvalue weighted by Gasteiger charge is -2.12. The Bertz CT molecular complexity index is 693. The molecule has 1 aliphatic heterocycles. The Morgan fingerprint density at radius 3 is 2.65 bits per heavy atom. The van der Waals surface area contributed by atoms with Gasteiger partial charge in [0.1, 0.15) is 11.6 Å². The highest BCUT2D eigenvalue weighted by Crippen LogP contribution is 2.44. The van der Waals surface area contributed by atoms with Crippen molar-refractivity contribution in [2.45, 2.75) is 31.6 Å². The number of rotatable bonds is 1. The number of pyridine rings is 1. The minimum atomic E-state index is -0.491. The van der Waals surface area contributed by atoms with Crippen LogP contribution in [0.2, 0.25) is 0 Å². The lowest BCUT2D eigenvalue weighted by atomic mass is 10.00. The van der Waals surface area contributed by atoms with Crippen LogP contribution >= 0.6 is 0 Å². The van der Waals surface area contributed by atoms with Crippen molar-refractivity contribution in [3.63, 3.8) is 0 Å². The summed E-state index contributed by atoms with van der Waals surface area (Å²) in [6.45, 7) is 1.76. The summed E-state index contributed by atoms with van der Waals surface area (Å²) < 4.78 is 28.2. The third-order valence-corrected chi connectivity index (χ3v) is 4.31. The number of hydrogen-bond acceptors (Lipinski definition) is 2.